The molecule has 0 atom stereocenters. The van der Waals surface area contributed by atoms with E-state index in [9.17, 15) is 5.11 Å². The van der Waals surface area contributed by atoms with Gasteiger partial charge in [-0.05, 0) is 24.3 Å². The lowest BCUT2D eigenvalue weighted by Crippen LogP contribution is -1.91. The van der Waals surface area contributed by atoms with Gasteiger partial charge < -0.3 is 10.8 Å². The predicted molar refractivity (Wildman–Crippen MR) is 60.8 cm³/mol. The minimum absolute atomic E-state index is 0.172. The van der Waals surface area contributed by atoms with Crippen LogP contribution in [0.2, 0.25) is 5.15 Å². The number of anilines is 1. The molecule has 1 heterocycles. The molecule has 2 rings (SSSR count). The average Bonchev–Trinajstić information content (AvgIpc) is 2.23. The van der Waals surface area contributed by atoms with Crippen LogP contribution in [0.1, 0.15) is 0 Å². The molecule has 15 heavy (non-hydrogen) atoms. The average molecular weight is 221 g/mol. The van der Waals surface area contributed by atoms with Gasteiger partial charge in [0.25, 0.3) is 0 Å². The van der Waals surface area contributed by atoms with Crippen LogP contribution < -0.4 is 5.73 Å². The highest BCUT2D eigenvalue weighted by Gasteiger charge is 2.06. The lowest BCUT2D eigenvalue weighted by Gasteiger charge is -2.04. The summed E-state index contributed by atoms with van der Waals surface area (Å²) in [5, 5.41) is 9.86. The largest absolute Gasteiger partial charge is 0.507 e. The van der Waals surface area contributed by atoms with Crippen molar-refractivity contribution < 1.29 is 5.11 Å². The van der Waals surface area contributed by atoms with E-state index in [-0.39, 0.29) is 10.9 Å². The van der Waals surface area contributed by atoms with Crippen LogP contribution in [-0.2, 0) is 0 Å². The van der Waals surface area contributed by atoms with E-state index in [0.717, 1.165) is 0 Å². The van der Waals surface area contributed by atoms with Crippen LogP contribution in [0.15, 0.2) is 36.4 Å². The fourth-order valence-electron chi connectivity index (χ4n) is 1.29. The third kappa shape index (κ3) is 1.87. The molecule has 1 aromatic carbocycles. The standard InChI is InChI=1S/C11H9ClN2O/c12-11-8(13)5-6-9(14-11)7-3-1-2-4-10(7)15/h1-6,15H,13H2. The zero-order valence-electron chi connectivity index (χ0n) is 7.81. The number of rotatable bonds is 1. The highest BCUT2D eigenvalue weighted by molar-refractivity contribution is 6.31. The first-order valence-corrected chi connectivity index (χ1v) is 4.76. The Hall–Kier alpha value is -1.74. The second-order valence-electron chi connectivity index (χ2n) is 3.09. The number of hydrogen-bond donors (Lipinski definition) is 2. The number of phenols is 1. The minimum atomic E-state index is 0.172. The van der Waals surface area contributed by atoms with Gasteiger partial charge >= 0.3 is 0 Å². The summed E-state index contributed by atoms with van der Waals surface area (Å²) in [6, 6.07) is 10.3. The highest BCUT2D eigenvalue weighted by Crippen LogP contribution is 2.29. The Morgan fingerprint density at radius 3 is 2.53 bits per heavy atom. The third-order valence-corrected chi connectivity index (χ3v) is 2.36. The number of aromatic nitrogens is 1. The van der Waals surface area contributed by atoms with Crippen molar-refractivity contribution in [3.63, 3.8) is 0 Å². The molecule has 0 aliphatic rings. The highest BCUT2D eigenvalue weighted by atomic mass is 35.5. The summed E-state index contributed by atoms with van der Waals surface area (Å²) in [4.78, 5) is 4.08. The number of aromatic hydroxyl groups is 1. The van der Waals surface area contributed by atoms with Crippen LogP contribution >= 0.6 is 11.6 Å². The number of pyridine rings is 1. The van der Waals surface area contributed by atoms with Crippen LogP contribution in [0.4, 0.5) is 5.69 Å². The van der Waals surface area contributed by atoms with Crippen LogP contribution in [0.5, 0.6) is 5.75 Å². The first-order chi connectivity index (χ1) is 7.18. The number of benzene rings is 1. The number of nitrogens with zero attached hydrogens (tertiary/aromatic N) is 1. The number of nitrogen functional groups attached to an aromatic ring is 1. The van der Waals surface area contributed by atoms with Crippen LogP contribution in [0, 0.1) is 0 Å². The Kier molecular flexibility index (Phi) is 2.47. The van der Waals surface area contributed by atoms with E-state index in [0.29, 0.717) is 16.9 Å². The van der Waals surface area contributed by atoms with Gasteiger partial charge in [0.15, 0.2) is 5.15 Å². The van der Waals surface area contributed by atoms with Gasteiger partial charge in [0.05, 0.1) is 11.4 Å². The topological polar surface area (TPSA) is 59.1 Å². The molecular weight excluding hydrogens is 212 g/mol. The minimum Gasteiger partial charge on any atom is -0.507 e. The SMILES string of the molecule is Nc1ccc(-c2ccccc2O)nc1Cl. The predicted octanol–water partition coefficient (Wildman–Crippen LogP) is 2.69. The smallest absolute Gasteiger partial charge is 0.152 e. The molecule has 76 valence electrons. The molecule has 0 saturated carbocycles. The second-order valence-corrected chi connectivity index (χ2v) is 3.45. The molecule has 0 radical (unpaired) electrons. The van der Waals surface area contributed by atoms with Gasteiger partial charge in [-0.3, -0.25) is 0 Å². The molecule has 0 bridgehead atoms. The van der Waals surface area contributed by atoms with Crippen molar-refractivity contribution in [3.8, 4) is 17.0 Å². The third-order valence-electron chi connectivity index (χ3n) is 2.06. The summed E-state index contributed by atoms with van der Waals surface area (Å²) in [5.74, 6) is 0.172. The molecule has 3 N–H and O–H groups in total. The first kappa shape index (κ1) is 9.80. The summed E-state index contributed by atoms with van der Waals surface area (Å²) in [7, 11) is 0. The van der Waals surface area contributed by atoms with Crippen LogP contribution in [0.25, 0.3) is 11.3 Å². The molecule has 4 heteroatoms. The zero-order valence-corrected chi connectivity index (χ0v) is 8.57. The van der Waals surface area contributed by atoms with Crippen molar-refractivity contribution >= 4 is 17.3 Å². The Morgan fingerprint density at radius 2 is 1.87 bits per heavy atom. The first-order valence-electron chi connectivity index (χ1n) is 4.39. The summed E-state index contributed by atoms with van der Waals surface area (Å²) >= 11 is 5.80. The molecule has 0 spiro atoms. The van der Waals surface area contributed by atoms with E-state index >= 15 is 0 Å². The summed E-state index contributed by atoms with van der Waals surface area (Å²) < 4.78 is 0. The van der Waals surface area contributed by atoms with Gasteiger partial charge in [0.2, 0.25) is 0 Å². The molecule has 0 aliphatic carbocycles. The number of nitrogens with two attached hydrogens (primary N) is 1. The number of para-hydroxylation sites is 1. The number of halogens is 1. The molecule has 0 fully saturated rings. The van der Waals surface area contributed by atoms with Crippen molar-refractivity contribution in [2.45, 2.75) is 0 Å². The molecule has 1 aromatic heterocycles. The molecule has 0 saturated heterocycles. The Morgan fingerprint density at radius 1 is 1.13 bits per heavy atom. The molecule has 3 nitrogen and oxygen atoms in total. The summed E-state index contributed by atoms with van der Waals surface area (Å²) in [6.07, 6.45) is 0. The summed E-state index contributed by atoms with van der Waals surface area (Å²) in [5.41, 5.74) is 7.22. The van der Waals surface area contributed by atoms with E-state index in [4.69, 9.17) is 17.3 Å². The maximum absolute atomic E-state index is 9.61. The van der Waals surface area contributed by atoms with Gasteiger partial charge in [0.1, 0.15) is 5.75 Å². The Balaban J connectivity index is 2.55. The van der Waals surface area contributed by atoms with Crippen LogP contribution in [-0.4, -0.2) is 10.1 Å². The van der Waals surface area contributed by atoms with E-state index in [1.807, 2.05) is 6.07 Å². The van der Waals surface area contributed by atoms with Gasteiger partial charge in [-0.2, -0.15) is 0 Å². The summed E-state index contributed by atoms with van der Waals surface area (Å²) in [6.45, 7) is 0. The van der Waals surface area contributed by atoms with Crippen molar-refractivity contribution in [1.82, 2.24) is 4.98 Å². The van der Waals surface area contributed by atoms with Gasteiger partial charge in [-0.15, -0.1) is 0 Å². The number of hydrogen-bond acceptors (Lipinski definition) is 3. The van der Waals surface area contributed by atoms with E-state index < -0.39 is 0 Å². The van der Waals surface area contributed by atoms with Crippen molar-refractivity contribution in [3.05, 3.63) is 41.6 Å². The molecule has 0 unspecified atom stereocenters. The lowest BCUT2D eigenvalue weighted by molar-refractivity contribution is 0.477. The normalized spacial score (nSPS) is 10.2. The van der Waals surface area contributed by atoms with Crippen molar-refractivity contribution in [2.75, 3.05) is 5.73 Å². The zero-order chi connectivity index (χ0) is 10.8. The number of phenolic OH excluding ortho intramolecular Hbond substituents is 1. The quantitative estimate of drug-likeness (QED) is 0.727. The second kappa shape index (κ2) is 3.79. The monoisotopic (exact) mass is 220 g/mol. The maximum Gasteiger partial charge on any atom is 0.152 e. The molecule has 0 aliphatic heterocycles. The molecular formula is C11H9ClN2O. The van der Waals surface area contributed by atoms with E-state index in [1.54, 1.807) is 30.3 Å². The fraction of sp³-hybridized carbons (Fsp3) is 0. The van der Waals surface area contributed by atoms with Crippen molar-refractivity contribution in [1.29, 1.82) is 0 Å². The van der Waals surface area contributed by atoms with Gasteiger partial charge in [-0.25, -0.2) is 4.98 Å². The van der Waals surface area contributed by atoms with Crippen molar-refractivity contribution in [2.24, 2.45) is 0 Å². The van der Waals surface area contributed by atoms with Crippen LogP contribution in [0.3, 0.4) is 0 Å². The molecule has 0 amide bonds. The fourth-order valence-corrected chi connectivity index (χ4v) is 1.44. The molecule has 2 aromatic rings. The lowest BCUT2D eigenvalue weighted by atomic mass is 10.1. The van der Waals surface area contributed by atoms with Gasteiger partial charge in [0, 0.05) is 5.56 Å². The Bertz CT molecular complexity index is 500. The Labute approximate surface area is 92.1 Å². The van der Waals surface area contributed by atoms with E-state index in [1.165, 1.54) is 0 Å². The van der Waals surface area contributed by atoms with E-state index in [2.05, 4.69) is 4.98 Å². The maximum atomic E-state index is 9.61. The van der Waals surface area contributed by atoms with Gasteiger partial charge in [-0.1, -0.05) is 23.7 Å².